The van der Waals surface area contributed by atoms with Crippen LogP contribution in [0.25, 0.3) is 0 Å². The van der Waals surface area contributed by atoms with Crippen LogP contribution in [0, 0.1) is 6.92 Å². The summed E-state index contributed by atoms with van der Waals surface area (Å²) in [4.78, 5) is 10.8. The molecule has 1 aromatic rings. The fraction of sp³-hybridized carbons (Fsp3) is 0.222. The van der Waals surface area contributed by atoms with Crippen molar-refractivity contribution in [2.45, 2.75) is 13.8 Å². The Labute approximate surface area is 90.4 Å². The van der Waals surface area contributed by atoms with Crippen molar-refractivity contribution in [3.63, 3.8) is 0 Å². The van der Waals surface area contributed by atoms with E-state index in [4.69, 9.17) is 11.6 Å². The van der Waals surface area contributed by atoms with E-state index in [0.717, 1.165) is 10.0 Å². The lowest BCUT2D eigenvalue weighted by Gasteiger charge is -2.07. The molecule has 0 unspecified atom stereocenters. The standard InChI is InChI=1S/C9H9BrClNO/c1-5-3-8(11)9(4-7(5)10)12-6(2)13/h3-4H,1-2H3,(H,12,13). The minimum absolute atomic E-state index is 0.127. The van der Waals surface area contributed by atoms with Crippen molar-refractivity contribution < 1.29 is 4.79 Å². The lowest BCUT2D eigenvalue weighted by Crippen LogP contribution is -2.06. The number of anilines is 1. The van der Waals surface area contributed by atoms with E-state index in [1.165, 1.54) is 6.92 Å². The molecule has 0 fully saturated rings. The molecule has 1 N–H and O–H groups in total. The lowest BCUT2D eigenvalue weighted by atomic mass is 10.2. The molecular weight excluding hydrogens is 253 g/mol. The molecule has 0 aliphatic heterocycles. The number of carbonyl (C=O) groups is 1. The summed E-state index contributed by atoms with van der Waals surface area (Å²) in [7, 11) is 0. The van der Waals surface area contributed by atoms with Crippen LogP contribution in [0.4, 0.5) is 5.69 Å². The number of amides is 1. The zero-order valence-electron chi connectivity index (χ0n) is 7.32. The molecule has 0 radical (unpaired) electrons. The summed E-state index contributed by atoms with van der Waals surface area (Å²) in [6.07, 6.45) is 0. The van der Waals surface area contributed by atoms with Crippen molar-refractivity contribution in [3.05, 3.63) is 27.2 Å². The topological polar surface area (TPSA) is 29.1 Å². The van der Waals surface area contributed by atoms with Crippen molar-refractivity contribution in [2.75, 3.05) is 5.32 Å². The minimum atomic E-state index is -0.127. The van der Waals surface area contributed by atoms with Gasteiger partial charge < -0.3 is 5.32 Å². The van der Waals surface area contributed by atoms with Crippen LogP contribution >= 0.6 is 27.5 Å². The van der Waals surface area contributed by atoms with E-state index >= 15 is 0 Å². The second kappa shape index (κ2) is 4.11. The first-order chi connectivity index (χ1) is 6.00. The van der Waals surface area contributed by atoms with Crippen molar-refractivity contribution >= 4 is 39.1 Å². The quantitative estimate of drug-likeness (QED) is 0.826. The Bertz CT molecular complexity index is 352. The molecule has 0 aliphatic carbocycles. The van der Waals surface area contributed by atoms with Crippen LogP contribution in [0.3, 0.4) is 0 Å². The molecule has 1 amide bonds. The van der Waals surface area contributed by atoms with Gasteiger partial charge >= 0.3 is 0 Å². The molecule has 0 heterocycles. The number of rotatable bonds is 1. The lowest BCUT2D eigenvalue weighted by molar-refractivity contribution is -0.114. The van der Waals surface area contributed by atoms with Crippen LogP contribution in [0.5, 0.6) is 0 Å². The highest BCUT2D eigenvalue weighted by atomic mass is 79.9. The molecule has 4 heteroatoms. The largest absolute Gasteiger partial charge is 0.325 e. The predicted molar refractivity (Wildman–Crippen MR) is 58.2 cm³/mol. The van der Waals surface area contributed by atoms with Gasteiger partial charge in [0.1, 0.15) is 0 Å². The van der Waals surface area contributed by atoms with Crippen molar-refractivity contribution in [1.82, 2.24) is 0 Å². The van der Waals surface area contributed by atoms with Gasteiger partial charge in [-0.25, -0.2) is 0 Å². The monoisotopic (exact) mass is 261 g/mol. The summed E-state index contributed by atoms with van der Waals surface area (Å²) in [5, 5.41) is 3.19. The summed E-state index contributed by atoms with van der Waals surface area (Å²) in [6, 6.07) is 3.59. The second-order valence-corrected chi connectivity index (χ2v) is 4.02. The SMILES string of the molecule is CC(=O)Nc1cc(Br)c(C)cc1Cl. The van der Waals surface area contributed by atoms with Gasteiger partial charge in [0, 0.05) is 11.4 Å². The fourth-order valence-corrected chi connectivity index (χ4v) is 1.54. The Morgan fingerprint density at radius 2 is 2.15 bits per heavy atom. The molecule has 0 spiro atoms. The van der Waals surface area contributed by atoms with Crippen molar-refractivity contribution in [3.8, 4) is 0 Å². The van der Waals surface area contributed by atoms with Crippen LogP contribution in [-0.2, 0) is 4.79 Å². The molecule has 0 aromatic heterocycles. The molecule has 0 atom stereocenters. The normalized spacial score (nSPS) is 9.85. The summed E-state index contributed by atoms with van der Waals surface area (Å²) in [5.41, 5.74) is 1.67. The molecule has 0 aliphatic rings. The van der Waals surface area contributed by atoms with E-state index in [2.05, 4.69) is 21.2 Å². The second-order valence-electron chi connectivity index (χ2n) is 2.76. The maximum atomic E-state index is 10.8. The third-order valence-electron chi connectivity index (χ3n) is 1.56. The summed E-state index contributed by atoms with van der Waals surface area (Å²) in [6.45, 7) is 3.39. The molecule has 13 heavy (non-hydrogen) atoms. The third kappa shape index (κ3) is 2.71. The molecular formula is C9H9BrClNO. The van der Waals surface area contributed by atoms with Crippen LogP contribution in [0.1, 0.15) is 12.5 Å². The Kier molecular flexibility index (Phi) is 3.33. The Morgan fingerprint density at radius 1 is 1.54 bits per heavy atom. The van der Waals surface area contributed by atoms with Gasteiger partial charge in [0.05, 0.1) is 10.7 Å². The van der Waals surface area contributed by atoms with E-state index in [1.807, 2.05) is 6.92 Å². The highest BCUT2D eigenvalue weighted by Gasteiger charge is 2.04. The number of benzene rings is 1. The third-order valence-corrected chi connectivity index (χ3v) is 2.73. The zero-order valence-corrected chi connectivity index (χ0v) is 9.66. The highest BCUT2D eigenvalue weighted by Crippen LogP contribution is 2.28. The van der Waals surface area contributed by atoms with E-state index in [-0.39, 0.29) is 5.91 Å². The van der Waals surface area contributed by atoms with Crippen LogP contribution in [0.15, 0.2) is 16.6 Å². The molecule has 0 saturated carbocycles. The number of carbonyl (C=O) groups excluding carboxylic acids is 1. The summed E-state index contributed by atoms with van der Waals surface area (Å²) in [5.74, 6) is -0.127. The Morgan fingerprint density at radius 3 is 2.69 bits per heavy atom. The summed E-state index contributed by atoms with van der Waals surface area (Å²) < 4.78 is 0.931. The predicted octanol–water partition coefficient (Wildman–Crippen LogP) is 3.37. The molecule has 70 valence electrons. The number of hydrogen-bond donors (Lipinski definition) is 1. The number of aryl methyl sites for hydroxylation is 1. The van der Waals surface area contributed by atoms with Gasteiger partial charge in [-0.05, 0) is 24.6 Å². The van der Waals surface area contributed by atoms with Crippen molar-refractivity contribution in [2.24, 2.45) is 0 Å². The maximum Gasteiger partial charge on any atom is 0.221 e. The fourth-order valence-electron chi connectivity index (χ4n) is 0.932. The van der Waals surface area contributed by atoms with Gasteiger partial charge in [0.2, 0.25) is 5.91 Å². The molecule has 2 nitrogen and oxygen atoms in total. The van der Waals surface area contributed by atoms with Gasteiger partial charge in [-0.15, -0.1) is 0 Å². The number of halogens is 2. The van der Waals surface area contributed by atoms with Gasteiger partial charge in [-0.3, -0.25) is 4.79 Å². The molecule has 1 aromatic carbocycles. The number of nitrogens with one attached hydrogen (secondary N) is 1. The van der Waals surface area contributed by atoms with E-state index in [0.29, 0.717) is 10.7 Å². The first-order valence-corrected chi connectivity index (χ1v) is 4.91. The summed E-state index contributed by atoms with van der Waals surface area (Å²) >= 11 is 9.27. The van der Waals surface area contributed by atoms with Crippen molar-refractivity contribution in [1.29, 1.82) is 0 Å². The first-order valence-electron chi connectivity index (χ1n) is 3.74. The van der Waals surface area contributed by atoms with Crippen LogP contribution in [0.2, 0.25) is 5.02 Å². The average molecular weight is 263 g/mol. The van der Waals surface area contributed by atoms with E-state index < -0.39 is 0 Å². The van der Waals surface area contributed by atoms with Gasteiger partial charge in [-0.1, -0.05) is 27.5 Å². The zero-order chi connectivity index (χ0) is 10.0. The first kappa shape index (κ1) is 10.5. The Balaban J connectivity index is 3.08. The van der Waals surface area contributed by atoms with E-state index in [9.17, 15) is 4.79 Å². The van der Waals surface area contributed by atoms with Crippen LogP contribution in [-0.4, -0.2) is 5.91 Å². The van der Waals surface area contributed by atoms with Gasteiger partial charge in [-0.2, -0.15) is 0 Å². The molecule has 1 rings (SSSR count). The Hall–Kier alpha value is -0.540. The molecule has 0 saturated heterocycles. The minimum Gasteiger partial charge on any atom is -0.325 e. The smallest absolute Gasteiger partial charge is 0.221 e. The maximum absolute atomic E-state index is 10.8. The van der Waals surface area contributed by atoms with Gasteiger partial charge in [0.25, 0.3) is 0 Å². The average Bonchev–Trinajstić information content (AvgIpc) is 1.99. The highest BCUT2D eigenvalue weighted by molar-refractivity contribution is 9.10. The van der Waals surface area contributed by atoms with Crippen LogP contribution < -0.4 is 5.32 Å². The van der Waals surface area contributed by atoms with Gasteiger partial charge in [0.15, 0.2) is 0 Å². The van der Waals surface area contributed by atoms with E-state index in [1.54, 1.807) is 12.1 Å². The number of hydrogen-bond acceptors (Lipinski definition) is 1. The molecule has 0 bridgehead atoms.